The number of aliphatic carboxylic acids is 1. The molecule has 0 saturated carbocycles. The lowest BCUT2D eigenvalue weighted by Gasteiger charge is -2.22. The zero-order valence-corrected chi connectivity index (χ0v) is 12.7. The van der Waals surface area contributed by atoms with Crippen LogP contribution in [0.25, 0.3) is 0 Å². The second kappa shape index (κ2) is 12.8. The predicted octanol–water partition coefficient (Wildman–Crippen LogP) is -6.67. The van der Waals surface area contributed by atoms with Gasteiger partial charge in [0.15, 0.2) is 18.7 Å². The fourth-order valence-corrected chi connectivity index (χ4v) is 1.23. The summed E-state index contributed by atoms with van der Waals surface area (Å²) >= 11 is 0. The molecule has 0 aromatic heterocycles. The number of carbonyl (C=O) groups is 3. The summed E-state index contributed by atoms with van der Waals surface area (Å²) in [6, 6.07) is 0. The minimum absolute atomic E-state index is 0.0258. The number of rotatable bonds is 10. The quantitative estimate of drug-likeness (QED) is 0.160. The molecule has 10 N–H and O–H groups in total. The number of aldehydes is 2. The van der Waals surface area contributed by atoms with Crippen LogP contribution in [0.1, 0.15) is 0 Å². The van der Waals surface area contributed by atoms with Gasteiger partial charge in [-0.1, -0.05) is 0 Å². The first-order valence-electron chi connectivity index (χ1n) is 6.64. The Morgan fingerprint density at radius 2 is 1.08 bits per heavy atom. The van der Waals surface area contributed by atoms with Crippen molar-refractivity contribution in [3.8, 4) is 0 Å². The number of hydrogen-bond donors (Lipinski definition) is 10. The summed E-state index contributed by atoms with van der Waals surface area (Å²) in [6.45, 7) is -0.760. The van der Waals surface area contributed by atoms with Crippen molar-refractivity contribution in [2.45, 2.75) is 48.8 Å². The van der Waals surface area contributed by atoms with Gasteiger partial charge in [0, 0.05) is 0 Å². The van der Waals surface area contributed by atoms with E-state index in [1.165, 1.54) is 0 Å². The summed E-state index contributed by atoms with van der Waals surface area (Å²) in [5, 5.41) is 86.7. The van der Waals surface area contributed by atoms with Crippen molar-refractivity contribution in [2.24, 2.45) is 0 Å². The fourth-order valence-electron chi connectivity index (χ4n) is 1.23. The lowest BCUT2D eigenvalue weighted by molar-refractivity contribution is -0.163. The minimum Gasteiger partial charge on any atom is -0.479 e. The van der Waals surface area contributed by atoms with Gasteiger partial charge in [-0.15, -0.1) is 0 Å². The molecule has 0 aliphatic rings. The second-order valence-electron chi connectivity index (χ2n) is 4.75. The van der Waals surface area contributed by atoms with E-state index in [1.54, 1.807) is 0 Å². The van der Waals surface area contributed by atoms with Crippen LogP contribution < -0.4 is 0 Å². The Balaban J connectivity index is 0. The van der Waals surface area contributed by atoms with E-state index in [0.717, 1.165) is 0 Å². The molecule has 0 fully saturated rings. The maximum atomic E-state index is 10.1. The molecule has 0 unspecified atom stereocenters. The maximum absolute atomic E-state index is 10.1. The first kappa shape index (κ1) is 25.7. The molecule has 0 heterocycles. The van der Waals surface area contributed by atoms with E-state index in [4.69, 9.17) is 51.1 Å². The lowest BCUT2D eigenvalue weighted by Crippen LogP contribution is -2.48. The van der Waals surface area contributed by atoms with Crippen molar-refractivity contribution in [2.75, 3.05) is 6.61 Å². The maximum Gasteiger partial charge on any atom is 0.335 e. The summed E-state index contributed by atoms with van der Waals surface area (Å²) < 4.78 is 0. The van der Waals surface area contributed by atoms with Gasteiger partial charge in [0.1, 0.15) is 42.7 Å². The summed E-state index contributed by atoms with van der Waals surface area (Å²) in [7, 11) is 0. The first-order chi connectivity index (χ1) is 11.5. The second-order valence-corrected chi connectivity index (χ2v) is 4.75. The fraction of sp³-hybridized carbons (Fsp3) is 0.750. The third kappa shape index (κ3) is 8.92. The molecular weight excluding hydrogens is 352 g/mol. The Morgan fingerprint density at radius 3 is 1.36 bits per heavy atom. The predicted molar refractivity (Wildman–Crippen MR) is 74.9 cm³/mol. The molecule has 0 spiro atoms. The lowest BCUT2D eigenvalue weighted by atomic mass is 10.0. The highest BCUT2D eigenvalue weighted by Gasteiger charge is 2.34. The Hall–Kier alpha value is -1.55. The van der Waals surface area contributed by atoms with Crippen LogP contribution in [0.5, 0.6) is 0 Å². The van der Waals surface area contributed by atoms with E-state index >= 15 is 0 Å². The van der Waals surface area contributed by atoms with Crippen molar-refractivity contribution in [1.82, 2.24) is 0 Å². The molecule has 25 heavy (non-hydrogen) atoms. The topological polar surface area (TPSA) is 254 Å². The number of carboxylic acid groups (broad SMARTS) is 1. The zero-order valence-electron chi connectivity index (χ0n) is 12.7. The Kier molecular flexibility index (Phi) is 13.1. The van der Waals surface area contributed by atoms with E-state index < -0.39 is 61.4 Å². The first-order valence-corrected chi connectivity index (χ1v) is 6.64. The average Bonchev–Trinajstić information content (AvgIpc) is 2.62. The van der Waals surface area contributed by atoms with Gasteiger partial charge in [-0.05, 0) is 0 Å². The van der Waals surface area contributed by atoms with Crippen molar-refractivity contribution >= 4 is 18.5 Å². The molecule has 148 valence electrons. The van der Waals surface area contributed by atoms with Crippen molar-refractivity contribution in [3.63, 3.8) is 0 Å². The van der Waals surface area contributed by atoms with Crippen molar-refractivity contribution in [3.05, 3.63) is 0 Å². The number of aliphatic hydroxyl groups excluding tert-OH is 9. The molecule has 0 aliphatic carbocycles. The highest BCUT2D eigenvalue weighted by atomic mass is 16.4. The molecular formula is C12H22O13. The molecule has 0 aliphatic heterocycles. The number of carbonyl (C=O) groups excluding carboxylic acids is 2. The largest absolute Gasteiger partial charge is 0.479 e. The van der Waals surface area contributed by atoms with E-state index in [9.17, 15) is 14.4 Å². The van der Waals surface area contributed by atoms with Crippen molar-refractivity contribution < 1.29 is 65.4 Å². The Labute approximate surface area is 140 Å². The monoisotopic (exact) mass is 374 g/mol. The van der Waals surface area contributed by atoms with Gasteiger partial charge in [0.05, 0.1) is 6.61 Å². The van der Waals surface area contributed by atoms with Gasteiger partial charge in [-0.2, -0.15) is 0 Å². The third-order valence-corrected chi connectivity index (χ3v) is 2.84. The summed E-state index contributed by atoms with van der Waals surface area (Å²) in [5.74, 6) is -1.76. The van der Waals surface area contributed by atoms with Crippen LogP contribution in [0.3, 0.4) is 0 Å². The number of carboxylic acids is 1. The van der Waals surface area contributed by atoms with E-state index in [1.807, 2.05) is 0 Å². The molecule has 0 amide bonds. The van der Waals surface area contributed by atoms with Crippen LogP contribution in [0, 0.1) is 0 Å². The van der Waals surface area contributed by atoms with Gasteiger partial charge >= 0.3 is 5.97 Å². The highest BCUT2D eigenvalue weighted by molar-refractivity contribution is 5.73. The van der Waals surface area contributed by atoms with Crippen LogP contribution in [-0.4, -0.2) is 125 Å². The van der Waals surface area contributed by atoms with Crippen LogP contribution in [0.4, 0.5) is 0 Å². The molecule has 0 rings (SSSR count). The van der Waals surface area contributed by atoms with Crippen LogP contribution in [0.15, 0.2) is 0 Å². The molecule has 13 heteroatoms. The SMILES string of the molecule is O=C[C@@H](O)[C@@H](O)[C@H](O)[C@H](O)CO.O=C[C@H](O)[C@@H](O)[C@H](O)[C@H](O)C(=O)O. The van der Waals surface area contributed by atoms with E-state index in [2.05, 4.69) is 0 Å². The highest BCUT2D eigenvalue weighted by Crippen LogP contribution is 2.04. The number of aliphatic hydroxyl groups is 9. The molecule has 0 radical (unpaired) electrons. The summed E-state index contributed by atoms with van der Waals surface area (Å²) in [6.07, 6.45) is -15.2. The molecule has 0 aromatic rings. The van der Waals surface area contributed by atoms with Crippen LogP contribution in [0.2, 0.25) is 0 Å². The van der Waals surface area contributed by atoms with Gasteiger partial charge in [-0.3, -0.25) is 0 Å². The summed E-state index contributed by atoms with van der Waals surface area (Å²) in [4.78, 5) is 29.9. The van der Waals surface area contributed by atoms with Gasteiger partial charge in [0.2, 0.25) is 0 Å². The normalized spacial score (nSPS) is 20.5. The smallest absolute Gasteiger partial charge is 0.335 e. The molecule has 0 aromatic carbocycles. The molecule has 0 bridgehead atoms. The molecule has 8 atom stereocenters. The van der Waals surface area contributed by atoms with Crippen molar-refractivity contribution in [1.29, 1.82) is 0 Å². The van der Waals surface area contributed by atoms with E-state index in [0.29, 0.717) is 0 Å². The number of hydrogen-bond acceptors (Lipinski definition) is 12. The Morgan fingerprint density at radius 1 is 0.720 bits per heavy atom. The standard InChI is InChI=1S/C6H10O7.C6H12O6/c7-1-2(8)3(9)4(10)5(11)6(12)13;7-1-3(9)5(11)6(12)4(10)2-8/h1-5,8-11H,(H,12,13);1,3-6,8-12H,2H2/t2-,3+,4-,5-;3-,4-,5-,6-/m01/s1. The minimum atomic E-state index is -2.25. The van der Waals surface area contributed by atoms with Gasteiger partial charge in [0.25, 0.3) is 0 Å². The Bertz CT molecular complexity index is 402. The third-order valence-electron chi connectivity index (χ3n) is 2.84. The van der Waals surface area contributed by atoms with Crippen LogP contribution >= 0.6 is 0 Å². The molecule has 13 nitrogen and oxygen atoms in total. The molecule has 0 saturated heterocycles. The van der Waals surface area contributed by atoms with Gasteiger partial charge in [-0.25, -0.2) is 4.79 Å². The zero-order chi connectivity index (χ0) is 20.3. The van der Waals surface area contributed by atoms with Crippen LogP contribution in [-0.2, 0) is 14.4 Å². The average molecular weight is 374 g/mol. The van der Waals surface area contributed by atoms with Gasteiger partial charge < -0.3 is 60.7 Å². The summed E-state index contributed by atoms with van der Waals surface area (Å²) in [5.41, 5.74) is 0. The van der Waals surface area contributed by atoms with E-state index in [-0.39, 0.29) is 12.6 Å².